The highest BCUT2D eigenvalue weighted by molar-refractivity contribution is 5.73. The van der Waals surface area contributed by atoms with Gasteiger partial charge in [-0.05, 0) is 43.5 Å². The van der Waals surface area contributed by atoms with Crippen molar-refractivity contribution in [3.8, 4) is 5.75 Å². The van der Waals surface area contributed by atoms with E-state index in [-0.39, 0.29) is 24.2 Å². The van der Waals surface area contributed by atoms with E-state index in [1.165, 1.54) is 6.92 Å². The number of nitrogens with one attached hydrogen (secondary N) is 1. The Morgan fingerprint density at radius 2 is 1.88 bits per heavy atom. The largest absolute Gasteiger partial charge is 0.489 e. The molecule has 1 aromatic carbocycles. The van der Waals surface area contributed by atoms with Crippen LogP contribution in [0.15, 0.2) is 36.5 Å². The molecule has 0 aliphatic carbocycles. The van der Waals surface area contributed by atoms with Gasteiger partial charge in [0.1, 0.15) is 17.7 Å². The third kappa shape index (κ3) is 5.48. The average Bonchev–Trinajstić information content (AvgIpc) is 3.28. The second-order valence-electron chi connectivity index (χ2n) is 8.63. The van der Waals surface area contributed by atoms with Crippen molar-refractivity contribution in [1.82, 2.24) is 15.3 Å². The highest BCUT2D eigenvalue weighted by atomic mass is 16.5. The van der Waals surface area contributed by atoms with Gasteiger partial charge in [-0.2, -0.15) is 4.98 Å². The van der Waals surface area contributed by atoms with Crippen LogP contribution in [0.3, 0.4) is 0 Å². The predicted octanol–water partition coefficient (Wildman–Crippen LogP) is 2.95. The summed E-state index contributed by atoms with van der Waals surface area (Å²) in [6.45, 7) is 7.00. The molecule has 1 unspecified atom stereocenters. The molecule has 2 aromatic rings. The molecule has 2 fully saturated rings. The molecule has 2 aliphatic heterocycles. The summed E-state index contributed by atoms with van der Waals surface area (Å²) in [6.07, 6.45) is 5.32. The lowest BCUT2D eigenvalue weighted by molar-refractivity contribution is -0.119. The van der Waals surface area contributed by atoms with Gasteiger partial charge in [0, 0.05) is 46.3 Å². The summed E-state index contributed by atoms with van der Waals surface area (Å²) in [7, 11) is 1.77. The van der Waals surface area contributed by atoms with Crippen molar-refractivity contribution < 1.29 is 14.3 Å². The molecule has 3 heterocycles. The van der Waals surface area contributed by atoms with E-state index < -0.39 is 0 Å². The molecule has 3 atom stereocenters. The molecular weight excluding hydrogens is 406 g/mol. The van der Waals surface area contributed by atoms with E-state index >= 15 is 0 Å². The summed E-state index contributed by atoms with van der Waals surface area (Å²) in [5.41, 5.74) is 1.06. The Labute approximate surface area is 189 Å². The molecule has 1 amide bonds. The zero-order valence-electron chi connectivity index (χ0n) is 19.2. The number of piperidine rings is 1. The minimum Gasteiger partial charge on any atom is -0.489 e. The molecule has 1 aromatic heterocycles. The first-order valence-electron chi connectivity index (χ1n) is 11.4. The molecule has 0 spiro atoms. The molecule has 0 saturated carbocycles. The van der Waals surface area contributed by atoms with E-state index in [4.69, 9.17) is 14.5 Å². The summed E-state index contributed by atoms with van der Waals surface area (Å²) in [5, 5.41) is 2.90. The molecule has 0 radical (unpaired) electrons. The fourth-order valence-corrected chi connectivity index (χ4v) is 4.43. The van der Waals surface area contributed by atoms with Crippen molar-refractivity contribution >= 4 is 17.7 Å². The molecular formula is C24H33N5O3. The van der Waals surface area contributed by atoms with Crippen molar-refractivity contribution in [2.45, 2.75) is 51.4 Å². The Balaban J connectivity index is 1.34. The lowest BCUT2D eigenvalue weighted by atomic mass is 10.1. The first-order valence-corrected chi connectivity index (χ1v) is 11.4. The van der Waals surface area contributed by atoms with Crippen molar-refractivity contribution in [3.05, 3.63) is 42.1 Å². The molecule has 2 saturated heterocycles. The molecule has 172 valence electrons. The van der Waals surface area contributed by atoms with Gasteiger partial charge in [-0.25, -0.2) is 4.98 Å². The van der Waals surface area contributed by atoms with Gasteiger partial charge in [0.2, 0.25) is 11.9 Å². The summed E-state index contributed by atoms with van der Waals surface area (Å²) in [5.74, 6) is 2.53. The minimum atomic E-state index is -0.0319. The molecule has 0 bridgehead atoms. The van der Waals surface area contributed by atoms with Crippen LogP contribution in [0.1, 0.15) is 44.7 Å². The Hall–Kier alpha value is -2.87. The number of anilines is 2. The van der Waals surface area contributed by atoms with Crippen LogP contribution in [-0.4, -0.2) is 61.4 Å². The van der Waals surface area contributed by atoms with E-state index in [1.807, 2.05) is 43.5 Å². The maximum Gasteiger partial charge on any atom is 0.227 e. The third-order valence-electron chi connectivity index (χ3n) is 6.19. The highest BCUT2D eigenvalue weighted by Gasteiger charge is 2.27. The number of aromatic nitrogens is 2. The van der Waals surface area contributed by atoms with E-state index in [9.17, 15) is 4.79 Å². The average molecular weight is 440 g/mol. The first kappa shape index (κ1) is 22.3. The maximum atomic E-state index is 11.3. The second kappa shape index (κ2) is 10.2. The molecule has 8 nitrogen and oxygen atoms in total. The van der Waals surface area contributed by atoms with E-state index in [0.29, 0.717) is 0 Å². The van der Waals surface area contributed by atoms with Crippen LogP contribution >= 0.6 is 0 Å². The van der Waals surface area contributed by atoms with Gasteiger partial charge in [-0.1, -0.05) is 12.1 Å². The number of methoxy groups -OCH3 is 1. The van der Waals surface area contributed by atoms with Crippen LogP contribution in [0.5, 0.6) is 5.75 Å². The lowest BCUT2D eigenvalue weighted by Gasteiger charge is -2.32. The van der Waals surface area contributed by atoms with Crippen molar-refractivity contribution in [2.24, 2.45) is 0 Å². The predicted molar refractivity (Wildman–Crippen MR) is 124 cm³/mol. The standard InChI is InChI=1S/C24H33N5O3/c1-17(26-18(2)30)19-6-8-20(9-7-19)32-22-11-14-28(16-22)23-10-12-25-24(27-23)29-13-4-5-21(15-29)31-3/h6-10,12,17,21-22H,4-5,11,13-16H2,1-3H3,(H,26,30)/t17-,21?,22+/m0/s1. The fourth-order valence-electron chi connectivity index (χ4n) is 4.43. The summed E-state index contributed by atoms with van der Waals surface area (Å²) in [6, 6.07) is 9.91. The van der Waals surface area contributed by atoms with Crippen LogP contribution in [0.4, 0.5) is 11.8 Å². The Bertz CT molecular complexity index is 907. The number of benzene rings is 1. The normalized spacial score (nSPS) is 22.0. The molecule has 8 heteroatoms. The van der Waals surface area contributed by atoms with Gasteiger partial charge in [0.05, 0.1) is 18.7 Å². The Kier molecular flexibility index (Phi) is 7.09. The van der Waals surface area contributed by atoms with E-state index in [0.717, 1.165) is 68.5 Å². The smallest absolute Gasteiger partial charge is 0.227 e. The van der Waals surface area contributed by atoms with Crippen LogP contribution in [0, 0.1) is 0 Å². The van der Waals surface area contributed by atoms with Crippen LogP contribution < -0.4 is 19.9 Å². The van der Waals surface area contributed by atoms with Crippen molar-refractivity contribution in [3.63, 3.8) is 0 Å². The molecule has 32 heavy (non-hydrogen) atoms. The topological polar surface area (TPSA) is 79.8 Å². The van der Waals surface area contributed by atoms with Crippen molar-refractivity contribution in [2.75, 3.05) is 43.1 Å². The first-order chi connectivity index (χ1) is 15.5. The molecule has 1 N–H and O–H groups in total. The number of hydrogen-bond donors (Lipinski definition) is 1. The minimum absolute atomic E-state index is 0.0189. The Morgan fingerprint density at radius 1 is 1.09 bits per heavy atom. The maximum absolute atomic E-state index is 11.3. The summed E-state index contributed by atoms with van der Waals surface area (Å²) >= 11 is 0. The van der Waals surface area contributed by atoms with E-state index in [1.54, 1.807) is 7.11 Å². The van der Waals surface area contributed by atoms with Gasteiger partial charge in [-0.15, -0.1) is 0 Å². The van der Waals surface area contributed by atoms with Gasteiger partial charge >= 0.3 is 0 Å². The number of amides is 1. The SMILES string of the molecule is COC1CCCN(c2nccc(N3CC[C@@H](Oc4ccc([C@H](C)NC(C)=O)cc4)C3)n2)C1. The number of nitrogens with zero attached hydrogens (tertiary/aromatic N) is 4. The second-order valence-corrected chi connectivity index (χ2v) is 8.63. The zero-order chi connectivity index (χ0) is 22.5. The number of rotatable bonds is 7. The summed E-state index contributed by atoms with van der Waals surface area (Å²) in [4.78, 5) is 25.1. The highest BCUT2D eigenvalue weighted by Crippen LogP contribution is 2.25. The quantitative estimate of drug-likeness (QED) is 0.710. The number of hydrogen-bond acceptors (Lipinski definition) is 7. The van der Waals surface area contributed by atoms with Gasteiger partial charge in [-0.3, -0.25) is 4.79 Å². The number of carbonyl (C=O) groups is 1. The number of ether oxygens (including phenoxy) is 2. The molecule has 2 aliphatic rings. The van der Waals surface area contributed by atoms with Gasteiger partial charge < -0.3 is 24.6 Å². The van der Waals surface area contributed by atoms with E-state index in [2.05, 4.69) is 20.1 Å². The van der Waals surface area contributed by atoms with Crippen LogP contribution in [0.25, 0.3) is 0 Å². The van der Waals surface area contributed by atoms with Gasteiger partial charge in [0.25, 0.3) is 0 Å². The van der Waals surface area contributed by atoms with Crippen LogP contribution in [0.2, 0.25) is 0 Å². The van der Waals surface area contributed by atoms with Gasteiger partial charge in [0.15, 0.2) is 0 Å². The fraction of sp³-hybridized carbons (Fsp3) is 0.542. The van der Waals surface area contributed by atoms with Crippen molar-refractivity contribution in [1.29, 1.82) is 0 Å². The monoisotopic (exact) mass is 439 g/mol. The molecule has 4 rings (SSSR count). The Morgan fingerprint density at radius 3 is 2.62 bits per heavy atom. The third-order valence-corrected chi connectivity index (χ3v) is 6.19. The zero-order valence-corrected chi connectivity index (χ0v) is 19.2. The van der Waals surface area contributed by atoms with Crippen LogP contribution in [-0.2, 0) is 9.53 Å². The summed E-state index contributed by atoms with van der Waals surface area (Å²) < 4.78 is 11.8. The number of carbonyl (C=O) groups excluding carboxylic acids is 1. The lowest BCUT2D eigenvalue weighted by Crippen LogP contribution is -2.40.